The predicted molar refractivity (Wildman–Crippen MR) is 122 cm³/mol. The van der Waals surface area contributed by atoms with Crippen LogP contribution in [0.1, 0.15) is 46.4 Å². The molecule has 0 aliphatic rings. The molecule has 1 rings (SSSR count). The largest absolute Gasteiger partial charge is 0.379 e. The second-order valence-electron chi connectivity index (χ2n) is 7.80. The van der Waals surface area contributed by atoms with E-state index in [0.29, 0.717) is 30.4 Å². The minimum absolute atomic E-state index is 0.0132. The van der Waals surface area contributed by atoms with Crippen LogP contribution in [0.25, 0.3) is 0 Å². The summed E-state index contributed by atoms with van der Waals surface area (Å²) in [5.74, 6) is 0.742. The number of rotatable bonds is 11. The molecule has 29 heavy (non-hydrogen) atoms. The van der Waals surface area contributed by atoms with E-state index in [0.717, 1.165) is 23.8 Å². The van der Waals surface area contributed by atoms with Gasteiger partial charge in [-0.05, 0) is 30.9 Å². The first-order chi connectivity index (χ1) is 13.6. The summed E-state index contributed by atoms with van der Waals surface area (Å²) in [6.07, 6.45) is 0.763. The van der Waals surface area contributed by atoms with Crippen LogP contribution in [0.2, 0.25) is 0 Å². The van der Waals surface area contributed by atoms with E-state index in [2.05, 4.69) is 36.4 Å². The van der Waals surface area contributed by atoms with Crippen molar-refractivity contribution >= 4 is 27.3 Å². The zero-order chi connectivity index (χ0) is 22.1. The Morgan fingerprint density at radius 2 is 1.86 bits per heavy atom. The summed E-state index contributed by atoms with van der Waals surface area (Å²) in [4.78, 5) is 5.67. The summed E-state index contributed by atoms with van der Waals surface area (Å²) in [7, 11) is -1.67. The quantitative estimate of drug-likeness (QED) is 0.403. The lowest BCUT2D eigenvalue weighted by molar-refractivity contribution is 0.0241. The Kier molecular flexibility index (Phi) is 10.6. The topological polar surface area (TPSA) is 83.0 Å². The first-order valence-electron chi connectivity index (χ1n) is 10.2. The van der Waals surface area contributed by atoms with E-state index in [-0.39, 0.29) is 11.5 Å². The van der Waals surface area contributed by atoms with Gasteiger partial charge in [-0.2, -0.15) is 4.31 Å². The van der Waals surface area contributed by atoms with Crippen molar-refractivity contribution in [1.82, 2.24) is 14.9 Å². The fraction of sp³-hybridized carbons (Fsp3) is 0.750. The molecule has 1 heterocycles. The molecule has 2 N–H and O–H groups in total. The van der Waals surface area contributed by atoms with Crippen LogP contribution < -0.4 is 10.6 Å². The molecule has 1 unspecified atom stereocenters. The highest BCUT2D eigenvalue weighted by atomic mass is 32.2. The molecule has 0 aliphatic carbocycles. The van der Waals surface area contributed by atoms with Crippen LogP contribution in [0.5, 0.6) is 0 Å². The van der Waals surface area contributed by atoms with E-state index in [9.17, 15) is 8.42 Å². The molecule has 0 aromatic carbocycles. The standard InChI is InChI=1S/C20H38N4O3S2/c1-8-21-19(23-15-17(27-7)20(4,5)6)22-14-13-16-11-12-18(28-16)29(25,26)24(9-2)10-3/h11-12,17H,8-10,13-15H2,1-7H3,(H2,21,22,23). The Hall–Kier alpha value is -1.16. The van der Waals surface area contributed by atoms with Gasteiger partial charge in [0.05, 0.1) is 12.6 Å². The third-order valence-electron chi connectivity index (χ3n) is 4.61. The first kappa shape index (κ1) is 25.9. The molecular weight excluding hydrogens is 408 g/mol. The average Bonchev–Trinajstić information content (AvgIpc) is 3.11. The van der Waals surface area contributed by atoms with Crippen molar-refractivity contribution < 1.29 is 13.2 Å². The lowest BCUT2D eigenvalue weighted by atomic mass is 9.89. The highest BCUT2D eigenvalue weighted by molar-refractivity contribution is 7.91. The summed E-state index contributed by atoms with van der Waals surface area (Å²) >= 11 is 1.34. The number of methoxy groups -OCH3 is 1. The van der Waals surface area contributed by atoms with Crippen molar-refractivity contribution in [2.75, 3.05) is 39.8 Å². The number of ether oxygens (including phenoxy) is 1. The number of nitrogens with one attached hydrogen (secondary N) is 2. The van der Waals surface area contributed by atoms with Crippen molar-refractivity contribution in [2.24, 2.45) is 10.4 Å². The normalized spacial score (nSPS) is 14.3. The van der Waals surface area contributed by atoms with E-state index in [1.165, 1.54) is 15.6 Å². The van der Waals surface area contributed by atoms with Gasteiger partial charge in [0, 0.05) is 38.2 Å². The van der Waals surface area contributed by atoms with Crippen LogP contribution in [0.4, 0.5) is 0 Å². The molecule has 1 aromatic heterocycles. The van der Waals surface area contributed by atoms with Gasteiger partial charge in [0.15, 0.2) is 5.96 Å². The van der Waals surface area contributed by atoms with Gasteiger partial charge in [-0.25, -0.2) is 8.42 Å². The monoisotopic (exact) mass is 446 g/mol. The maximum absolute atomic E-state index is 12.6. The zero-order valence-electron chi connectivity index (χ0n) is 18.9. The molecule has 0 radical (unpaired) electrons. The molecule has 0 bridgehead atoms. The van der Waals surface area contributed by atoms with Crippen LogP contribution in [0, 0.1) is 5.41 Å². The van der Waals surface area contributed by atoms with Crippen molar-refractivity contribution in [1.29, 1.82) is 0 Å². The van der Waals surface area contributed by atoms with Crippen LogP contribution in [-0.4, -0.2) is 64.6 Å². The van der Waals surface area contributed by atoms with Gasteiger partial charge >= 0.3 is 0 Å². The number of hydrogen-bond donors (Lipinski definition) is 2. The first-order valence-corrected chi connectivity index (χ1v) is 12.5. The summed E-state index contributed by atoms with van der Waals surface area (Å²) in [6.45, 7) is 15.1. The smallest absolute Gasteiger partial charge is 0.252 e. The molecule has 0 fully saturated rings. The van der Waals surface area contributed by atoms with Crippen molar-refractivity contribution in [3.63, 3.8) is 0 Å². The van der Waals surface area contributed by atoms with Crippen molar-refractivity contribution in [3.8, 4) is 0 Å². The molecular formula is C20H38N4O3S2. The third-order valence-corrected chi connectivity index (χ3v) is 8.27. The minimum atomic E-state index is -3.38. The molecule has 0 spiro atoms. The zero-order valence-corrected chi connectivity index (χ0v) is 20.5. The molecule has 7 nitrogen and oxygen atoms in total. The number of sulfonamides is 1. The molecule has 0 aliphatic heterocycles. The fourth-order valence-electron chi connectivity index (χ4n) is 2.84. The van der Waals surface area contributed by atoms with E-state index in [1.54, 1.807) is 13.2 Å². The highest BCUT2D eigenvalue weighted by Gasteiger charge is 2.24. The van der Waals surface area contributed by atoms with Gasteiger partial charge < -0.3 is 15.4 Å². The maximum Gasteiger partial charge on any atom is 0.252 e. The third kappa shape index (κ3) is 7.88. The van der Waals surface area contributed by atoms with E-state index in [1.807, 2.05) is 26.8 Å². The Morgan fingerprint density at radius 3 is 2.38 bits per heavy atom. The van der Waals surface area contributed by atoms with Crippen molar-refractivity contribution in [3.05, 3.63) is 17.0 Å². The fourth-order valence-corrected chi connectivity index (χ4v) is 5.81. The molecule has 0 amide bonds. The van der Waals surface area contributed by atoms with E-state index in [4.69, 9.17) is 4.74 Å². The minimum Gasteiger partial charge on any atom is -0.379 e. The lowest BCUT2D eigenvalue weighted by Gasteiger charge is -2.28. The molecule has 168 valence electrons. The summed E-state index contributed by atoms with van der Waals surface area (Å²) in [6, 6.07) is 3.60. The van der Waals surface area contributed by atoms with Gasteiger partial charge in [-0.15, -0.1) is 11.3 Å². The van der Waals surface area contributed by atoms with Gasteiger partial charge in [-0.3, -0.25) is 4.99 Å². The van der Waals surface area contributed by atoms with Gasteiger partial charge in [-0.1, -0.05) is 34.6 Å². The number of thiophene rings is 1. The molecule has 0 saturated carbocycles. The lowest BCUT2D eigenvalue weighted by Crippen LogP contribution is -2.40. The molecule has 0 saturated heterocycles. The SMILES string of the molecule is CCNC(=NCC(OC)C(C)(C)C)NCCc1ccc(S(=O)(=O)N(CC)CC)s1. The van der Waals surface area contributed by atoms with E-state index < -0.39 is 10.0 Å². The van der Waals surface area contributed by atoms with Crippen LogP contribution in [0.15, 0.2) is 21.3 Å². The molecule has 1 aromatic rings. The van der Waals surface area contributed by atoms with Crippen molar-refractivity contribution in [2.45, 2.75) is 58.3 Å². The Bertz CT molecular complexity index is 735. The number of aliphatic imine (C=N–C) groups is 1. The highest BCUT2D eigenvalue weighted by Crippen LogP contribution is 2.25. The van der Waals surface area contributed by atoms with Crippen LogP contribution in [0.3, 0.4) is 0 Å². The molecule has 1 atom stereocenters. The average molecular weight is 447 g/mol. The Labute approximate surface area is 181 Å². The van der Waals surface area contributed by atoms with Crippen LogP contribution in [-0.2, 0) is 21.2 Å². The Morgan fingerprint density at radius 1 is 1.21 bits per heavy atom. The summed E-state index contributed by atoms with van der Waals surface area (Å²) in [5, 5.41) is 6.57. The van der Waals surface area contributed by atoms with Gasteiger partial charge in [0.25, 0.3) is 10.0 Å². The number of guanidine groups is 1. The maximum atomic E-state index is 12.6. The number of hydrogen-bond acceptors (Lipinski definition) is 5. The second kappa shape index (κ2) is 11.9. The number of nitrogens with zero attached hydrogens (tertiary/aromatic N) is 2. The van der Waals surface area contributed by atoms with Crippen LogP contribution >= 0.6 is 11.3 Å². The molecule has 9 heteroatoms. The Balaban J connectivity index is 2.70. The van der Waals surface area contributed by atoms with E-state index >= 15 is 0 Å². The van der Waals surface area contributed by atoms with Gasteiger partial charge in [0.2, 0.25) is 0 Å². The summed E-state index contributed by atoms with van der Waals surface area (Å²) in [5.41, 5.74) is 0.0132. The summed E-state index contributed by atoms with van der Waals surface area (Å²) < 4.78 is 32.7. The predicted octanol–water partition coefficient (Wildman–Crippen LogP) is 2.94. The second-order valence-corrected chi connectivity index (χ2v) is 11.1. The van der Waals surface area contributed by atoms with Gasteiger partial charge in [0.1, 0.15) is 4.21 Å².